The molecule has 2 aromatic carbocycles. The third-order valence-corrected chi connectivity index (χ3v) is 3.79. The molecule has 7 heteroatoms. The highest BCUT2D eigenvalue weighted by Gasteiger charge is 2.20. The summed E-state index contributed by atoms with van der Waals surface area (Å²) in [6.45, 7) is 6.02. The van der Waals surface area contributed by atoms with Gasteiger partial charge in [-0.15, -0.1) is 0 Å². The summed E-state index contributed by atoms with van der Waals surface area (Å²) >= 11 is 0. The Labute approximate surface area is 157 Å². The van der Waals surface area contributed by atoms with Crippen LogP contribution in [0.3, 0.4) is 0 Å². The number of phenols is 1. The third-order valence-electron chi connectivity index (χ3n) is 3.79. The molecule has 1 heterocycles. The monoisotopic (exact) mass is 366 g/mol. The highest BCUT2D eigenvalue weighted by atomic mass is 16.5. The van der Waals surface area contributed by atoms with Crippen molar-refractivity contribution in [3.63, 3.8) is 0 Å². The molecule has 140 valence electrons. The van der Waals surface area contributed by atoms with Crippen molar-refractivity contribution < 1.29 is 14.4 Å². The van der Waals surface area contributed by atoms with E-state index in [4.69, 9.17) is 4.52 Å². The summed E-state index contributed by atoms with van der Waals surface area (Å²) in [6.07, 6.45) is 0. The van der Waals surface area contributed by atoms with Gasteiger partial charge in [-0.3, -0.25) is 5.32 Å². The van der Waals surface area contributed by atoms with Crippen LogP contribution in [0.15, 0.2) is 59.1 Å². The third kappa shape index (κ3) is 5.01. The van der Waals surface area contributed by atoms with Crippen molar-refractivity contribution in [3.8, 4) is 5.75 Å². The molecule has 0 aliphatic carbocycles. The molecular formula is C20H22N4O3. The fourth-order valence-corrected chi connectivity index (χ4v) is 2.31. The Morgan fingerprint density at radius 2 is 1.48 bits per heavy atom. The molecule has 3 aromatic rings. The zero-order chi connectivity index (χ0) is 19.4. The molecule has 4 N–H and O–H groups in total. The topological polar surface area (TPSA) is 99.4 Å². The number of hydrogen-bond donors (Lipinski definition) is 4. The summed E-state index contributed by atoms with van der Waals surface area (Å²) in [6, 6.07) is 15.3. The highest BCUT2D eigenvalue weighted by molar-refractivity contribution is 5.99. The molecule has 0 aliphatic rings. The van der Waals surface area contributed by atoms with Gasteiger partial charge < -0.3 is 20.3 Å². The van der Waals surface area contributed by atoms with Gasteiger partial charge in [-0.05, 0) is 48.5 Å². The largest absolute Gasteiger partial charge is 0.508 e. The van der Waals surface area contributed by atoms with Gasteiger partial charge in [0.2, 0.25) is 0 Å². The van der Waals surface area contributed by atoms with Crippen LogP contribution >= 0.6 is 0 Å². The van der Waals surface area contributed by atoms with Gasteiger partial charge in [0.05, 0.1) is 0 Å². The molecule has 2 amide bonds. The second-order valence-corrected chi connectivity index (χ2v) is 7.15. The SMILES string of the molecule is CC(C)(C)c1cc(NC(=O)Nc2ccc(Nc3ccc(O)cc3)cc2)no1. The van der Waals surface area contributed by atoms with Crippen LogP contribution in [0.5, 0.6) is 5.75 Å². The van der Waals surface area contributed by atoms with Crippen LogP contribution in [0.4, 0.5) is 27.7 Å². The van der Waals surface area contributed by atoms with Crippen LogP contribution in [-0.4, -0.2) is 16.3 Å². The molecule has 0 atom stereocenters. The van der Waals surface area contributed by atoms with Crippen LogP contribution in [0.25, 0.3) is 0 Å². The summed E-state index contributed by atoms with van der Waals surface area (Å²) in [4.78, 5) is 12.1. The molecule has 0 saturated carbocycles. The first-order valence-corrected chi connectivity index (χ1v) is 8.51. The Bertz CT molecular complexity index is 910. The van der Waals surface area contributed by atoms with E-state index in [1.165, 1.54) is 0 Å². The maximum atomic E-state index is 12.1. The molecule has 3 rings (SSSR count). The highest BCUT2D eigenvalue weighted by Crippen LogP contribution is 2.25. The molecule has 0 unspecified atom stereocenters. The maximum Gasteiger partial charge on any atom is 0.324 e. The van der Waals surface area contributed by atoms with E-state index < -0.39 is 6.03 Å². The quantitative estimate of drug-likeness (QED) is 0.483. The number of nitrogens with zero attached hydrogens (tertiary/aromatic N) is 1. The Balaban J connectivity index is 1.56. The number of nitrogens with one attached hydrogen (secondary N) is 3. The van der Waals surface area contributed by atoms with E-state index in [-0.39, 0.29) is 11.2 Å². The van der Waals surface area contributed by atoms with Crippen LogP contribution in [0.1, 0.15) is 26.5 Å². The van der Waals surface area contributed by atoms with Gasteiger partial charge in [0.25, 0.3) is 0 Å². The van der Waals surface area contributed by atoms with Crippen LogP contribution < -0.4 is 16.0 Å². The number of urea groups is 1. The molecule has 0 aliphatic heterocycles. The van der Waals surface area contributed by atoms with Crippen molar-refractivity contribution in [2.75, 3.05) is 16.0 Å². The molecule has 27 heavy (non-hydrogen) atoms. The Kier molecular flexibility index (Phi) is 5.03. The Morgan fingerprint density at radius 1 is 0.926 bits per heavy atom. The van der Waals surface area contributed by atoms with Gasteiger partial charge in [-0.2, -0.15) is 0 Å². The van der Waals surface area contributed by atoms with Crippen molar-refractivity contribution in [1.29, 1.82) is 0 Å². The fourth-order valence-electron chi connectivity index (χ4n) is 2.31. The minimum atomic E-state index is -0.400. The van der Waals surface area contributed by atoms with Gasteiger partial charge in [-0.1, -0.05) is 25.9 Å². The first-order chi connectivity index (χ1) is 12.8. The first-order valence-electron chi connectivity index (χ1n) is 8.51. The number of aromatic hydroxyl groups is 1. The van der Waals surface area contributed by atoms with E-state index in [2.05, 4.69) is 21.1 Å². The summed E-state index contributed by atoms with van der Waals surface area (Å²) in [7, 11) is 0. The van der Waals surface area contributed by atoms with Gasteiger partial charge in [-0.25, -0.2) is 4.79 Å². The Hall–Kier alpha value is -3.48. The van der Waals surface area contributed by atoms with Gasteiger partial charge in [0, 0.05) is 28.5 Å². The lowest BCUT2D eigenvalue weighted by Crippen LogP contribution is -2.19. The molecule has 1 aromatic heterocycles. The number of benzene rings is 2. The molecule has 0 radical (unpaired) electrons. The average Bonchev–Trinajstić information content (AvgIpc) is 3.07. The lowest BCUT2D eigenvalue weighted by molar-refractivity contribution is 0.262. The minimum absolute atomic E-state index is 0.177. The number of aromatic nitrogens is 1. The van der Waals surface area contributed by atoms with E-state index in [1.807, 2.05) is 32.9 Å². The molecule has 0 spiro atoms. The standard InChI is InChI=1S/C20H22N4O3/c1-20(2,3)17-12-18(24-27-17)23-19(26)22-15-6-4-13(5-7-15)21-14-8-10-16(25)11-9-14/h4-12,21,25H,1-3H3,(H2,22,23,24,26). The number of anilines is 4. The number of carbonyl (C=O) groups excluding carboxylic acids is 1. The van der Waals surface area contributed by atoms with Gasteiger partial charge in [0.1, 0.15) is 11.5 Å². The lowest BCUT2D eigenvalue weighted by Gasteiger charge is -2.12. The molecule has 0 saturated heterocycles. The van der Waals surface area contributed by atoms with Crippen molar-refractivity contribution in [2.45, 2.75) is 26.2 Å². The number of carbonyl (C=O) groups is 1. The number of amides is 2. The first kappa shape index (κ1) is 18.3. The molecule has 0 fully saturated rings. The van der Waals surface area contributed by atoms with Crippen molar-refractivity contribution >= 4 is 28.9 Å². The van der Waals surface area contributed by atoms with Crippen LogP contribution in [0.2, 0.25) is 0 Å². The van der Waals surface area contributed by atoms with Crippen LogP contribution in [0, 0.1) is 0 Å². The smallest absolute Gasteiger partial charge is 0.324 e. The second kappa shape index (κ2) is 7.41. The molecule has 7 nitrogen and oxygen atoms in total. The zero-order valence-corrected chi connectivity index (χ0v) is 15.4. The average molecular weight is 366 g/mol. The normalized spacial score (nSPS) is 11.1. The Morgan fingerprint density at radius 3 is 2.04 bits per heavy atom. The molecule has 0 bridgehead atoms. The van der Waals surface area contributed by atoms with Crippen molar-refractivity contribution in [3.05, 3.63) is 60.4 Å². The fraction of sp³-hybridized carbons (Fsp3) is 0.200. The van der Waals surface area contributed by atoms with Crippen molar-refractivity contribution in [1.82, 2.24) is 5.16 Å². The van der Waals surface area contributed by atoms with Gasteiger partial charge in [0.15, 0.2) is 5.82 Å². The van der Waals surface area contributed by atoms with E-state index in [0.29, 0.717) is 17.3 Å². The van der Waals surface area contributed by atoms with Gasteiger partial charge >= 0.3 is 6.03 Å². The maximum absolute atomic E-state index is 12.1. The summed E-state index contributed by atoms with van der Waals surface area (Å²) in [5.74, 6) is 1.28. The van der Waals surface area contributed by atoms with Crippen molar-refractivity contribution in [2.24, 2.45) is 0 Å². The summed E-state index contributed by atoms with van der Waals surface area (Å²) in [5.41, 5.74) is 2.18. The van der Waals surface area contributed by atoms with E-state index in [1.54, 1.807) is 42.5 Å². The van der Waals surface area contributed by atoms with E-state index >= 15 is 0 Å². The predicted molar refractivity (Wildman–Crippen MR) is 106 cm³/mol. The number of phenolic OH excluding ortho intramolecular Hbond substituents is 1. The number of hydrogen-bond acceptors (Lipinski definition) is 5. The summed E-state index contributed by atoms with van der Waals surface area (Å²) in [5, 5.41) is 21.8. The zero-order valence-electron chi connectivity index (χ0n) is 15.4. The number of rotatable bonds is 4. The van der Waals surface area contributed by atoms with E-state index in [9.17, 15) is 9.90 Å². The predicted octanol–water partition coefficient (Wildman–Crippen LogP) is 5.07. The minimum Gasteiger partial charge on any atom is -0.508 e. The van der Waals surface area contributed by atoms with E-state index in [0.717, 1.165) is 11.4 Å². The van der Waals surface area contributed by atoms with Crippen LogP contribution in [-0.2, 0) is 5.41 Å². The summed E-state index contributed by atoms with van der Waals surface area (Å²) < 4.78 is 5.24. The lowest BCUT2D eigenvalue weighted by atomic mass is 9.93. The molecular weight excluding hydrogens is 344 g/mol. The second-order valence-electron chi connectivity index (χ2n) is 7.15.